The third kappa shape index (κ3) is 3.43. The van der Waals surface area contributed by atoms with E-state index in [4.69, 9.17) is 11.6 Å². The van der Waals surface area contributed by atoms with Crippen LogP contribution in [0.25, 0.3) is 11.4 Å². The van der Waals surface area contributed by atoms with E-state index in [2.05, 4.69) is 42.2 Å². The largest absolute Gasteiger partial charge is 0.305 e. The van der Waals surface area contributed by atoms with Gasteiger partial charge in [0.2, 0.25) is 0 Å². The summed E-state index contributed by atoms with van der Waals surface area (Å²) in [5, 5.41) is 10.2. The fraction of sp³-hybridized carbons (Fsp3) is 0.222. The number of aryl methyl sites for hydroxylation is 2. The first-order chi connectivity index (χ1) is 11.1. The summed E-state index contributed by atoms with van der Waals surface area (Å²) >= 11 is 7.94. The van der Waals surface area contributed by atoms with E-state index in [0.717, 1.165) is 22.3 Å². The van der Waals surface area contributed by atoms with Crippen LogP contribution in [-0.4, -0.2) is 14.8 Å². The van der Waals surface area contributed by atoms with Crippen molar-refractivity contribution in [3.8, 4) is 11.4 Å². The maximum Gasteiger partial charge on any atom is 0.191 e. The smallest absolute Gasteiger partial charge is 0.191 e. The van der Waals surface area contributed by atoms with Crippen molar-refractivity contribution < 1.29 is 0 Å². The molecular weight excluding hydrogens is 326 g/mol. The number of hydrogen-bond acceptors (Lipinski definition) is 3. The van der Waals surface area contributed by atoms with E-state index in [1.54, 1.807) is 11.8 Å². The van der Waals surface area contributed by atoms with Crippen LogP contribution >= 0.6 is 23.4 Å². The van der Waals surface area contributed by atoms with E-state index in [-0.39, 0.29) is 0 Å². The number of halogens is 1. The van der Waals surface area contributed by atoms with Crippen LogP contribution in [0.3, 0.4) is 0 Å². The molecule has 0 atom stereocenters. The highest BCUT2D eigenvalue weighted by atomic mass is 35.5. The molecule has 3 rings (SSSR count). The Hall–Kier alpha value is -1.78. The summed E-state index contributed by atoms with van der Waals surface area (Å²) in [6.07, 6.45) is 0. The predicted octanol–water partition coefficient (Wildman–Crippen LogP) is 5.04. The number of rotatable bonds is 4. The molecule has 0 saturated heterocycles. The van der Waals surface area contributed by atoms with Crippen molar-refractivity contribution in [2.24, 2.45) is 7.05 Å². The molecule has 1 aromatic heterocycles. The Morgan fingerprint density at radius 2 is 1.83 bits per heavy atom. The number of nitrogens with zero attached hydrogens (tertiary/aromatic N) is 3. The molecule has 0 bridgehead atoms. The molecule has 0 spiro atoms. The van der Waals surface area contributed by atoms with Gasteiger partial charge >= 0.3 is 0 Å². The lowest BCUT2D eigenvalue weighted by Gasteiger charge is -2.06. The maximum atomic E-state index is 6.26. The average molecular weight is 344 g/mol. The second-order valence-electron chi connectivity index (χ2n) is 5.55. The highest BCUT2D eigenvalue weighted by Gasteiger charge is 2.13. The molecule has 118 valence electrons. The SMILES string of the molecule is Cc1ccc(CSc2nnc(-c3ccccc3Cl)n2C)cc1C. The minimum Gasteiger partial charge on any atom is -0.305 e. The number of hydrogen-bond donors (Lipinski definition) is 0. The first-order valence-corrected chi connectivity index (χ1v) is 8.76. The zero-order valence-electron chi connectivity index (χ0n) is 13.4. The lowest BCUT2D eigenvalue weighted by molar-refractivity contribution is 0.794. The van der Waals surface area contributed by atoms with Gasteiger partial charge in [0.15, 0.2) is 11.0 Å². The molecule has 2 aromatic carbocycles. The number of benzene rings is 2. The van der Waals surface area contributed by atoms with Gasteiger partial charge in [0.1, 0.15) is 0 Å². The van der Waals surface area contributed by atoms with Gasteiger partial charge in [-0.15, -0.1) is 10.2 Å². The minimum atomic E-state index is 0.689. The van der Waals surface area contributed by atoms with E-state index < -0.39 is 0 Å². The topological polar surface area (TPSA) is 30.7 Å². The van der Waals surface area contributed by atoms with Crippen molar-refractivity contribution >= 4 is 23.4 Å². The summed E-state index contributed by atoms with van der Waals surface area (Å²) in [4.78, 5) is 0. The monoisotopic (exact) mass is 343 g/mol. The molecule has 1 heterocycles. The van der Waals surface area contributed by atoms with E-state index in [1.165, 1.54) is 16.7 Å². The fourth-order valence-electron chi connectivity index (χ4n) is 2.36. The van der Waals surface area contributed by atoms with Gasteiger partial charge < -0.3 is 4.57 Å². The molecule has 5 heteroatoms. The van der Waals surface area contributed by atoms with Crippen LogP contribution in [0.5, 0.6) is 0 Å². The normalized spacial score (nSPS) is 11.0. The predicted molar refractivity (Wildman–Crippen MR) is 96.9 cm³/mol. The van der Waals surface area contributed by atoms with Gasteiger partial charge in [0, 0.05) is 18.4 Å². The summed E-state index contributed by atoms with van der Waals surface area (Å²) in [6.45, 7) is 4.27. The Labute approximate surface area is 145 Å². The molecule has 3 aromatic rings. The third-order valence-corrected chi connectivity index (χ3v) is 5.31. The summed E-state index contributed by atoms with van der Waals surface area (Å²) in [6, 6.07) is 14.3. The van der Waals surface area contributed by atoms with Crippen molar-refractivity contribution in [1.82, 2.24) is 14.8 Å². The van der Waals surface area contributed by atoms with Gasteiger partial charge in [-0.3, -0.25) is 0 Å². The fourth-order valence-corrected chi connectivity index (χ4v) is 3.43. The number of thioether (sulfide) groups is 1. The van der Waals surface area contributed by atoms with Gasteiger partial charge in [0.05, 0.1) is 5.02 Å². The van der Waals surface area contributed by atoms with Crippen LogP contribution < -0.4 is 0 Å². The molecule has 0 aliphatic rings. The molecule has 23 heavy (non-hydrogen) atoms. The first kappa shape index (κ1) is 16.1. The Balaban J connectivity index is 1.80. The van der Waals surface area contributed by atoms with Crippen molar-refractivity contribution in [2.45, 2.75) is 24.8 Å². The summed E-state index contributed by atoms with van der Waals surface area (Å²) in [5.41, 5.74) is 4.83. The van der Waals surface area contributed by atoms with Crippen molar-refractivity contribution in [3.63, 3.8) is 0 Å². The zero-order valence-corrected chi connectivity index (χ0v) is 14.9. The molecule has 3 nitrogen and oxygen atoms in total. The molecule has 0 unspecified atom stereocenters. The zero-order chi connectivity index (χ0) is 16.4. The molecule has 0 N–H and O–H groups in total. The van der Waals surface area contributed by atoms with Crippen LogP contribution in [0.2, 0.25) is 5.02 Å². The van der Waals surface area contributed by atoms with Crippen LogP contribution in [0, 0.1) is 13.8 Å². The quantitative estimate of drug-likeness (QED) is 0.621. The van der Waals surface area contributed by atoms with Gasteiger partial charge in [-0.05, 0) is 42.7 Å². The van der Waals surface area contributed by atoms with Crippen LogP contribution in [0.4, 0.5) is 0 Å². The summed E-state index contributed by atoms with van der Waals surface area (Å²) < 4.78 is 1.99. The highest BCUT2D eigenvalue weighted by Crippen LogP contribution is 2.29. The minimum absolute atomic E-state index is 0.689. The second-order valence-corrected chi connectivity index (χ2v) is 6.90. The third-order valence-electron chi connectivity index (χ3n) is 3.89. The van der Waals surface area contributed by atoms with E-state index in [9.17, 15) is 0 Å². The Morgan fingerprint density at radius 3 is 2.57 bits per heavy atom. The van der Waals surface area contributed by atoms with Crippen molar-refractivity contribution in [1.29, 1.82) is 0 Å². The van der Waals surface area contributed by atoms with Gasteiger partial charge in [0.25, 0.3) is 0 Å². The molecule has 0 fully saturated rings. The Bertz CT molecular complexity index is 842. The lowest BCUT2D eigenvalue weighted by Crippen LogP contribution is -1.95. The van der Waals surface area contributed by atoms with Gasteiger partial charge in [-0.1, -0.05) is 53.7 Å². The van der Waals surface area contributed by atoms with Crippen molar-refractivity contribution in [3.05, 3.63) is 64.2 Å². The Morgan fingerprint density at radius 1 is 1.04 bits per heavy atom. The maximum absolute atomic E-state index is 6.26. The van der Waals surface area contributed by atoms with E-state index in [0.29, 0.717) is 5.02 Å². The van der Waals surface area contributed by atoms with E-state index >= 15 is 0 Å². The number of aromatic nitrogens is 3. The molecule has 0 radical (unpaired) electrons. The summed E-state index contributed by atoms with van der Waals surface area (Å²) in [7, 11) is 1.97. The van der Waals surface area contributed by atoms with Crippen LogP contribution in [-0.2, 0) is 12.8 Å². The summed E-state index contributed by atoms with van der Waals surface area (Å²) in [5.74, 6) is 1.66. The van der Waals surface area contributed by atoms with Gasteiger partial charge in [-0.2, -0.15) is 0 Å². The van der Waals surface area contributed by atoms with Crippen LogP contribution in [0.1, 0.15) is 16.7 Å². The van der Waals surface area contributed by atoms with E-state index in [1.807, 2.05) is 35.9 Å². The highest BCUT2D eigenvalue weighted by molar-refractivity contribution is 7.98. The molecular formula is C18H18ClN3S. The van der Waals surface area contributed by atoms with Crippen LogP contribution in [0.15, 0.2) is 47.6 Å². The average Bonchev–Trinajstić information content (AvgIpc) is 2.90. The van der Waals surface area contributed by atoms with Gasteiger partial charge in [-0.25, -0.2) is 0 Å². The molecule has 0 saturated carbocycles. The molecule has 0 amide bonds. The lowest BCUT2D eigenvalue weighted by atomic mass is 10.1. The second kappa shape index (κ2) is 6.77. The Kier molecular flexibility index (Phi) is 4.74. The van der Waals surface area contributed by atoms with Crippen molar-refractivity contribution in [2.75, 3.05) is 0 Å². The standard InChI is InChI=1S/C18H18ClN3S/c1-12-8-9-14(10-13(12)2)11-23-18-21-20-17(22(18)3)15-6-4-5-7-16(15)19/h4-10H,11H2,1-3H3. The molecule has 0 aliphatic heterocycles. The molecule has 0 aliphatic carbocycles. The first-order valence-electron chi connectivity index (χ1n) is 7.39.